The molecule has 3 unspecified atom stereocenters. The number of rotatable bonds is 3. The standard InChI is InChI=1S/C16H22O2/c1-10(2)14-11-7-8-13(14)16(3,4)15(18)12(11)6-5-9-17/h7-9,11-13H,5-6H2,1-4H3. The van der Waals surface area contributed by atoms with E-state index in [0.717, 1.165) is 6.29 Å². The molecule has 3 atom stereocenters. The first-order valence-corrected chi connectivity index (χ1v) is 6.74. The third kappa shape index (κ3) is 1.79. The molecule has 1 fully saturated rings. The van der Waals surface area contributed by atoms with Gasteiger partial charge in [-0.15, -0.1) is 0 Å². The van der Waals surface area contributed by atoms with Crippen LogP contribution in [-0.4, -0.2) is 12.1 Å². The summed E-state index contributed by atoms with van der Waals surface area (Å²) in [7, 11) is 0. The second kappa shape index (κ2) is 4.49. The molecule has 2 heteroatoms. The van der Waals surface area contributed by atoms with E-state index in [-0.39, 0.29) is 23.2 Å². The van der Waals surface area contributed by atoms with E-state index in [1.807, 2.05) is 13.8 Å². The summed E-state index contributed by atoms with van der Waals surface area (Å²) in [4.78, 5) is 23.2. The molecule has 0 saturated heterocycles. The highest BCUT2D eigenvalue weighted by Gasteiger charge is 2.52. The van der Waals surface area contributed by atoms with E-state index >= 15 is 0 Å². The molecule has 2 aliphatic carbocycles. The van der Waals surface area contributed by atoms with Gasteiger partial charge in [0.25, 0.3) is 0 Å². The summed E-state index contributed by atoms with van der Waals surface area (Å²) >= 11 is 0. The topological polar surface area (TPSA) is 34.1 Å². The second-order valence-electron chi connectivity index (χ2n) is 6.28. The van der Waals surface area contributed by atoms with Gasteiger partial charge >= 0.3 is 0 Å². The Morgan fingerprint density at radius 1 is 1.33 bits per heavy atom. The van der Waals surface area contributed by atoms with Gasteiger partial charge in [0.05, 0.1) is 0 Å². The van der Waals surface area contributed by atoms with Gasteiger partial charge in [0.2, 0.25) is 0 Å². The lowest BCUT2D eigenvalue weighted by Gasteiger charge is -2.42. The highest BCUT2D eigenvalue weighted by molar-refractivity contribution is 5.90. The summed E-state index contributed by atoms with van der Waals surface area (Å²) in [6.07, 6.45) is 6.48. The number of Topliss-reactive ketones (excluding diaryl/α,β-unsaturated/α-hetero) is 1. The SMILES string of the molecule is CC(C)=C1C2C=CC1C(C)(C)C(=O)C2CCC=O. The Labute approximate surface area is 109 Å². The van der Waals surface area contributed by atoms with Crippen molar-refractivity contribution in [3.63, 3.8) is 0 Å². The van der Waals surface area contributed by atoms with E-state index in [2.05, 4.69) is 26.0 Å². The van der Waals surface area contributed by atoms with Gasteiger partial charge in [0.15, 0.2) is 0 Å². The molecular formula is C16H22O2. The van der Waals surface area contributed by atoms with Gasteiger partial charge in [0.1, 0.15) is 12.1 Å². The molecule has 2 bridgehead atoms. The van der Waals surface area contributed by atoms with Crippen molar-refractivity contribution in [3.05, 3.63) is 23.3 Å². The molecule has 0 heterocycles. The lowest BCUT2D eigenvalue weighted by atomic mass is 9.59. The Morgan fingerprint density at radius 2 is 2.00 bits per heavy atom. The number of aldehydes is 1. The summed E-state index contributed by atoms with van der Waals surface area (Å²) in [5.41, 5.74) is 2.41. The van der Waals surface area contributed by atoms with Crippen LogP contribution >= 0.6 is 0 Å². The first-order valence-electron chi connectivity index (χ1n) is 6.74. The fourth-order valence-electron chi connectivity index (χ4n) is 3.62. The van der Waals surface area contributed by atoms with Crippen LogP contribution in [-0.2, 0) is 9.59 Å². The van der Waals surface area contributed by atoms with Crippen LogP contribution in [0.1, 0.15) is 40.5 Å². The third-order valence-electron chi connectivity index (χ3n) is 4.56. The molecule has 2 nitrogen and oxygen atoms in total. The maximum atomic E-state index is 12.6. The first-order chi connectivity index (χ1) is 8.41. The number of carbonyl (C=O) groups is 2. The molecule has 2 aliphatic rings. The average Bonchev–Trinajstić information content (AvgIpc) is 2.70. The minimum absolute atomic E-state index is 0.00917. The Hall–Kier alpha value is -1.18. The van der Waals surface area contributed by atoms with Crippen molar-refractivity contribution in [2.45, 2.75) is 40.5 Å². The Balaban J connectivity index is 2.43. The molecule has 0 aliphatic heterocycles. The van der Waals surface area contributed by atoms with Crippen LogP contribution < -0.4 is 0 Å². The largest absolute Gasteiger partial charge is 0.303 e. The predicted molar refractivity (Wildman–Crippen MR) is 72.1 cm³/mol. The zero-order valence-corrected chi connectivity index (χ0v) is 11.7. The van der Waals surface area contributed by atoms with Crippen molar-refractivity contribution in [1.82, 2.24) is 0 Å². The van der Waals surface area contributed by atoms with Gasteiger partial charge in [-0.05, 0) is 20.3 Å². The van der Waals surface area contributed by atoms with Crippen molar-refractivity contribution in [3.8, 4) is 0 Å². The summed E-state index contributed by atoms with van der Waals surface area (Å²) in [5.74, 6) is 0.812. The highest BCUT2D eigenvalue weighted by atomic mass is 16.1. The van der Waals surface area contributed by atoms with Crippen molar-refractivity contribution in [2.24, 2.45) is 23.2 Å². The minimum Gasteiger partial charge on any atom is -0.303 e. The highest BCUT2D eigenvalue weighted by Crippen LogP contribution is 2.53. The lowest BCUT2D eigenvalue weighted by molar-refractivity contribution is -0.135. The summed E-state index contributed by atoms with van der Waals surface area (Å²) < 4.78 is 0. The molecule has 0 aromatic rings. The molecule has 0 spiro atoms. The molecule has 0 radical (unpaired) electrons. The maximum Gasteiger partial charge on any atom is 0.143 e. The average molecular weight is 246 g/mol. The van der Waals surface area contributed by atoms with Crippen LogP contribution in [0.25, 0.3) is 0 Å². The summed E-state index contributed by atoms with van der Waals surface area (Å²) in [6, 6.07) is 0. The van der Waals surface area contributed by atoms with Crippen LogP contribution in [0, 0.1) is 23.2 Å². The van der Waals surface area contributed by atoms with Gasteiger partial charge in [-0.25, -0.2) is 0 Å². The molecule has 0 amide bonds. The number of hydrogen-bond donors (Lipinski definition) is 0. The molecule has 0 aromatic carbocycles. The second-order valence-corrected chi connectivity index (χ2v) is 6.28. The molecule has 2 rings (SSSR count). The number of fused-ring (bicyclic) bond motifs is 2. The van der Waals surface area contributed by atoms with Crippen LogP contribution in [0.4, 0.5) is 0 Å². The fourth-order valence-corrected chi connectivity index (χ4v) is 3.62. The van der Waals surface area contributed by atoms with Crippen molar-refractivity contribution < 1.29 is 9.59 Å². The van der Waals surface area contributed by atoms with Crippen molar-refractivity contribution in [2.75, 3.05) is 0 Å². The molecular weight excluding hydrogens is 224 g/mol. The van der Waals surface area contributed by atoms with Gasteiger partial charge in [-0.3, -0.25) is 4.79 Å². The lowest BCUT2D eigenvalue weighted by Crippen LogP contribution is -2.44. The summed E-state index contributed by atoms with van der Waals surface area (Å²) in [6.45, 7) is 8.35. The monoisotopic (exact) mass is 246 g/mol. The maximum absolute atomic E-state index is 12.6. The Bertz CT molecular complexity index is 436. The first kappa shape index (κ1) is 13.3. The van der Waals surface area contributed by atoms with E-state index < -0.39 is 0 Å². The number of ketones is 1. The zero-order chi connectivity index (χ0) is 13.5. The predicted octanol–water partition coefficient (Wildman–Crippen LogP) is 3.33. The molecule has 98 valence electrons. The molecule has 0 aromatic heterocycles. The molecule has 18 heavy (non-hydrogen) atoms. The molecule has 1 saturated carbocycles. The normalized spacial score (nSPS) is 32.8. The Kier molecular flexibility index (Phi) is 3.31. The number of carbonyl (C=O) groups excluding carboxylic acids is 2. The summed E-state index contributed by atoms with van der Waals surface area (Å²) in [5, 5.41) is 0. The smallest absolute Gasteiger partial charge is 0.143 e. The zero-order valence-electron chi connectivity index (χ0n) is 11.7. The minimum atomic E-state index is -0.330. The van der Waals surface area contributed by atoms with Crippen LogP contribution in [0.2, 0.25) is 0 Å². The van der Waals surface area contributed by atoms with E-state index in [0.29, 0.717) is 18.6 Å². The fraction of sp³-hybridized carbons (Fsp3) is 0.625. The van der Waals surface area contributed by atoms with Gasteiger partial charge in [-0.1, -0.05) is 37.1 Å². The number of hydrogen-bond acceptors (Lipinski definition) is 2. The van der Waals surface area contributed by atoms with Crippen molar-refractivity contribution >= 4 is 12.1 Å². The number of allylic oxidation sites excluding steroid dienone is 4. The van der Waals surface area contributed by atoms with E-state index in [1.165, 1.54) is 11.1 Å². The van der Waals surface area contributed by atoms with E-state index in [1.54, 1.807) is 0 Å². The Morgan fingerprint density at radius 3 is 2.56 bits per heavy atom. The van der Waals surface area contributed by atoms with Crippen LogP contribution in [0.3, 0.4) is 0 Å². The van der Waals surface area contributed by atoms with E-state index in [4.69, 9.17) is 0 Å². The van der Waals surface area contributed by atoms with Crippen LogP contribution in [0.15, 0.2) is 23.3 Å². The molecule has 0 N–H and O–H groups in total. The quantitative estimate of drug-likeness (QED) is 0.565. The van der Waals surface area contributed by atoms with Crippen LogP contribution in [0.5, 0.6) is 0 Å². The van der Waals surface area contributed by atoms with E-state index in [9.17, 15) is 9.59 Å². The van der Waals surface area contributed by atoms with Crippen molar-refractivity contribution in [1.29, 1.82) is 0 Å². The third-order valence-corrected chi connectivity index (χ3v) is 4.56. The van der Waals surface area contributed by atoms with Gasteiger partial charge < -0.3 is 4.79 Å². The van der Waals surface area contributed by atoms with Gasteiger partial charge in [-0.2, -0.15) is 0 Å². The van der Waals surface area contributed by atoms with Gasteiger partial charge in [0, 0.05) is 29.6 Å².